The van der Waals surface area contributed by atoms with E-state index in [2.05, 4.69) is 15.5 Å². The number of fused-ring (bicyclic) bond motifs is 1. The van der Waals surface area contributed by atoms with Crippen LogP contribution in [0.3, 0.4) is 0 Å². The molecule has 6 nitrogen and oxygen atoms in total. The first-order chi connectivity index (χ1) is 13.0. The number of methoxy groups -OCH3 is 3. The Labute approximate surface area is 162 Å². The van der Waals surface area contributed by atoms with Crippen LogP contribution < -0.4 is 19.6 Å². The zero-order chi connectivity index (χ0) is 19.4. The standard InChI is InChI=1S/C20H20ClN3O3/c1-12-7-19(23-16-6-5-14(21)10-15(12)16)24-22-11-13-8-17(25-2)20(27-4)18(9-13)26-3/h5-11H,1-4H3,(H,23,24)/b22-11+. The van der Waals surface area contributed by atoms with Crippen molar-refractivity contribution in [1.82, 2.24) is 4.98 Å². The van der Waals surface area contributed by atoms with Crippen LogP contribution in [0.25, 0.3) is 10.9 Å². The van der Waals surface area contributed by atoms with Gasteiger partial charge >= 0.3 is 0 Å². The molecule has 140 valence electrons. The lowest BCUT2D eigenvalue weighted by Crippen LogP contribution is -1.98. The minimum absolute atomic E-state index is 0.538. The maximum absolute atomic E-state index is 6.06. The van der Waals surface area contributed by atoms with E-state index in [0.717, 1.165) is 22.0 Å². The molecule has 1 N–H and O–H groups in total. The zero-order valence-electron chi connectivity index (χ0n) is 15.5. The van der Waals surface area contributed by atoms with Crippen LogP contribution in [0.5, 0.6) is 17.2 Å². The fourth-order valence-electron chi connectivity index (χ4n) is 2.77. The number of hydrazone groups is 1. The Morgan fingerprint density at radius 2 is 1.70 bits per heavy atom. The fourth-order valence-corrected chi connectivity index (χ4v) is 2.94. The Bertz CT molecular complexity index is 980. The van der Waals surface area contributed by atoms with Crippen molar-refractivity contribution in [2.45, 2.75) is 6.92 Å². The molecule has 27 heavy (non-hydrogen) atoms. The summed E-state index contributed by atoms with van der Waals surface area (Å²) >= 11 is 6.06. The second kappa shape index (κ2) is 8.14. The number of rotatable bonds is 6. The normalized spacial score (nSPS) is 11.0. The van der Waals surface area contributed by atoms with Crippen molar-refractivity contribution >= 4 is 34.5 Å². The van der Waals surface area contributed by atoms with Crippen LogP contribution in [-0.2, 0) is 0 Å². The summed E-state index contributed by atoms with van der Waals surface area (Å²) in [6.07, 6.45) is 1.66. The van der Waals surface area contributed by atoms with Crippen LogP contribution >= 0.6 is 11.6 Å². The molecule has 0 fully saturated rings. The van der Waals surface area contributed by atoms with Gasteiger partial charge in [0, 0.05) is 16.0 Å². The van der Waals surface area contributed by atoms with E-state index in [1.807, 2.05) is 43.3 Å². The predicted molar refractivity (Wildman–Crippen MR) is 109 cm³/mol. The SMILES string of the molecule is COc1cc(/C=N/Nc2cc(C)c3cc(Cl)ccc3n2)cc(OC)c1OC. The Morgan fingerprint density at radius 1 is 1.00 bits per heavy atom. The van der Waals surface area contributed by atoms with E-state index in [0.29, 0.717) is 28.1 Å². The molecule has 3 aromatic rings. The van der Waals surface area contributed by atoms with Gasteiger partial charge < -0.3 is 14.2 Å². The number of ether oxygens (including phenoxy) is 3. The van der Waals surface area contributed by atoms with Crippen molar-refractivity contribution in [3.8, 4) is 17.2 Å². The van der Waals surface area contributed by atoms with Crippen molar-refractivity contribution in [1.29, 1.82) is 0 Å². The van der Waals surface area contributed by atoms with Gasteiger partial charge in [-0.1, -0.05) is 11.6 Å². The van der Waals surface area contributed by atoms with Gasteiger partial charge in [0.1, 0.15) is 5.82 Å². The van der Waals surface area contributed by atoms with Gasteiger partial charge in [-0.15, -0.1) is 0 Å². The minimum Gasteiger partial charge on any atom is -0.493 e. The molecule has 0 spiro atoms. The first-order valence-electron chi connectivity index (χ1n) is 8.21. The third kappa shape index (κ3) is 4.06. The molecule has 2 aromatic carbocycles. The summed E-state index contributed by atoms with van der Waals surface area (Å²) < 4.78 is 16.0. The molecular weight excluding hydrogens is 366 g/mol. The number of pyridine rings is 1. The summed E-state index contributed by atoms with van der Waals surface area (Å²) in [5.41, 5.74) is 5.66. The number of halogens is 1. The highest BCUT2D eigenvalue weighted by molar-refractivity contribution is 6.31. The number of hydrogen-bond acceptors (Lipinski definition) is 6. The van der Waals surface area contributed by atoms with Gasteiger partial charge in [0.2, 0.25) is 5.75 Å². The Hall–Kier alpha value is -2.99. The van der Waals surface area contributed by atoms with Crippen LogP contribution in [0, 0.1) is 6.92 Å². The van der Waals surface area contributed by atoms with Crippen molar-refractivity contribution in [2.24, 2.45) is 5.10 Å². The Morgan fingerprint density at radius 3 is 2.33 bits per heavy atom. The molecule has 0 saturated carbocycles. The lowest BCUT2D eigenvalue weighted by molar-refractivity contribution is 0.324. The number of nitrogens with one attached hydrogen (secondary N) is 1. The maximum Gasteiger partial charge on any atom is 0.203 e. The lowest BCUT2D eigenvalue weighted by Gasteiger charge is -2.12. The highest BCUT2D eigenvalue weighted by Gasteiger charge is 2.12. The first kappa shape index (κ1) is 18.8. The topological polar surface area (TPSA) is 65.0 Å². The average molecular weight is 386 g/mol. The Balaban J connectivity index is 1.85. The van der Waals surface area contributed by atoms with E-state index in [4.69, 9.17) is 25.8 Å². The molecule has 0 saturated heterocycles. The van der Waals surface area contributed by atoms with Gasteiger partial charge in [0.15, 0.2) is 11.5 Å². The number of anilines is 1. The summed E-state index contributed by atoms with van der Waals surface area (Å²) in [7, 11) is 4.71. The molecule has 7 heteroatoms. The molecule has 0 unspecified atom stereocenters. The molecule has 1 heterocycles. The summed E-state index contributed by atoms with van der Waals surface area (Å²) in [5.74, 6) is 2.31. The largest absolute Gasteiger partial charge is 0.493 e. The lowest BCUT2D eigenvalue weighted by atomic mass is 10.1. The van der Waals surface area contributed by atoms with Gasteiger partial charge in [-0.2, -0.15) is 5.10 Å². The zero-order valence-corrected chi connectivity index (χ0v) is 16.3. The summed E-state index contributed by atoms with van der Waals surface area (Å²) in [5, 5.41) is 5.97. The van der Waals surface area contributed by atoms with Crippen LogP contribution in [0.4, 0.5) is 5.82 Å². The number of benzene rings is 2. The molecular formula is C20H20ClN3O3. The summed E-state index contributed by atoms with van der Waals surface area (Å²) in [4.78, 5) is 4.55. The van der Waals surface area contributed by atoms with Crippen LogP contribution in [-0.4, -0.2) is 32.5 Å². The van der Waals surface area contributed by atoms with Crippen LogP contribution in [0.1, 0.15) is 11.1 Å². The molecule has 0 amide bonds. The van der Waals surface area contributed by atoms with Gasteiger partial charge in [0.25, 0.3) is 0 Å². The minimum atomic E-state index is 0.538. The summed E-state index contributed by atoms with van der Waals surface area (Å²) in [6.45, 7) is 2.01. The Kier molecular flexibility index (Phi) is 5.66. The van der Waals surface area contributed by atoms with Crippen LogP contribution in [0.2, 0.25) is 5.02 Å². The number of hydrogen-bond donors (Lipinski definition) is 1. The molecule has 0 aliphatic rings. The van der Waals surface area contributed by atoms with E-state index < -0.39 is 0 Å². The quantitative estimate of drug-likeness (QED) is 0.493. The van der Waals surface area contributed by atoms with E-state index in [1.165, 1.54) is 0 Å². The number of nitrogens with zero attached hydrogens (tertiary/aromatic N) is 2. The molecule has 0 radical (unpaired) electrons. The number of aromatic nitrogens is 1. The molecule has 0 atom stereocenters. The first-order valence-corrected chi connectivity index (χ1v) is 8.59. The summed E-state index contributed by atoms with van der Waals surface area (Å²) in [6, 6.07) is 11.2. The van der Waals surface area contributed by atoms with Gasteiger partial charge in [-0.3, -0.25) is 5.43 Å². The van der Waals surface area contributed by atoms with Crippen LogP contribution in [0.15, 0.2) is 41.5 Å². The van der Waals surface area contributed by atoms with Crippen molar-refractivity contribution in [2.75, 3.05) is 26.8 Å². The third-order valence-corrected chi connectivity index (χ3v) is 4.29. The average Bonchev–Trinajstić information content (AvgIpc) is 2.67. The smallest absolute Gasteiger partial charge is 0.203 e. The maximum atomic E-state index is 6.06. The van der Waals surface area contributed by atoms with Gasteiger partial charge in [-0.25, -0.2) is 4.98 Å². The number of aryl methyl sites for hydroxylation is 1. The van der Waals surface area contributed by atoms with Gasteiger partial charge in [-0.05, 0) is 48.9 Å². The highest BCUT2D eigenvalue weighted by Crippen LogP contribution is 2.37. The van der Waals surface area contributed by atoms with Crippen molar-refractivity contribution in [3.05, 3.63) is 52.5 Å². The van der Waals surface area contributed by atoms with E-state index in [1.54, 1.807) is 27.5 Å². The second-order valence-electron chi connectivity index (χ2n) is 5.81. The monoisotopic (exact) mass is 385 g/mol. The van der Waals surface area contributed by atoms with Gasteiger partial charge in [0.05, 0.1) is 33.1 Å². The second-order valence-corrected chi connectivity index (χ2v) is 6.25. The highest BCUT2D eigenvalue weighted by atomic mass is 35.5. The van der Waals surface area contributed by atoms with E-state index in [9.17, 15) is 0 Å². The molecule has 1 aromatic heterocycles. The third-order valence-electron chi connectivity index (χ3n) is 4.06. The molecule has 3 rings (SSSR count). The van der Waals surface area contributed by atoms with Crippen molar-refractivity contribution in [3.63, 3.8) is 0 Å². The molecule has 0 bridgehead atoms. The predicted octanol–water partition coefficient (Wildman–Crippen LogP) is 4.67. The molecule has 0 aliphatic carbocycles. The van der Waals surface area contributed by atoms with E-state index >= 15 is 0 Å². The molecule has 0 aliphatic heterocycles. The van der Waals surface area contributed by atoms with E-state index in [-0.39, 0.29) is 0 Å². The van der Waals surface area contributed by atoms with Crippen molar-refractivity contribution < 1.29 is 14.2 Å². The fraction of sp³-hybridized carbons (Fsp3) is 0.200.